The van der Waals surface area contributed by atoms with Crippen molar-refractivity contribution in [1.29, 1.82) is 0 Å². The lowest BCUT2D eigenvalue weighted by Gasteiger charge is -2.09. The van der Waals surface area contributed by atoms with Crippen molar-refractivity contribution >= 4 is 5.97 Å². The summed E-state index contributed by atoms with van der Waals surface area (Å²) in [5.41, 5.74) is 1.08. The van der Waals surface area contributed by atoms with Crippen molar-refractivity contribution in [3.05, 3.63) is 35.9 Å². The average molecular weight is 224 g/mol. The number of ether oxygens (including phenoxy) is 1. The highest BCUT2D eigenvalue weighted by Gasteiger charge is 2.15. The third-order valence-corrected chi connectivity index (χ3v) is 2.15. The van der Waals surface area contributed by atoms with Gasteiger partial charge in [-0.3, -0.25) is 0 Å². The number of hydrogen-bond donors (Lipinski definition) is 2. The van der Waals surface area contributed by atoms with Crippen molar-refractivity contribution < 1.29 is 19.7 Å². The maximum absolute atomic E-state index is 11.1. The molecule has 1 rings (SSSR count). The van der Waals surface area contributed by atoms with E-state index in [1.54, 1.807) is 0 Å². The maximum Gasteiger partial charge on any atom is 0.335 e. The highest BCUT2D eigenvalue weighted by molar-refractivity contribution is 5.74. The summed E-state index contributed by atoms with van der Waals surface area (Å²) >= 11 is 0. The molecule has 0 saturated carbocycles. The molecule has 0 radical (unpaired) electrons. The third-order valence-electron chi connectivity index (χ3n) is 2.15. The molecule has 4 nitrogen and oxygen atoms in total. The normalized spacial score (nSPS) is 12.1. The fourth-order valence-electron chi connectivity index (χ4n) is 1.25. The first-order chi connectivity index (χ1) is 7.74. The number of carbonyl (C=O) groups is 1. The summed E-state index contributed by atoms with van der Waals surface area (Å²) in [6, 6.07) is 9.63. The first kappa shape index (κ1) is 12.7. The molecule has 0 aliphatic carbocycles. The molecule has 0 fully saturated rings. The molecular formula is C12H16O4. The maximum atomic E-state index is 11.1. The molecule has 0 aliphatic rings. The number of benzene rings is 1. The van der Waals surface area contributed by atoms with Crippen LogP contribution in [-0.2, 0) is 16.0 Å². The van der Waals surface area contributed by atoms with Gasteiger partial charge < -0.3 is 14.9 Å². The minimum absolute atomic E-state index is 0.0180. The van der Waals surface area contributed by atoms with Gasteiger partial charge in [0.2, 0.25) is 0 Å². The summed E-state index contributed by atoms with van der Waals surface area (Å²) in [6.07, 6.45) is -0.580. The molecular weight excluding hydrogens is 208 g/mol. The van der Waals surface area contributed by atoms with Gasteiger partial charge in [-0.1, -0.05) is 30.3 Å². The SMILES string of the molecule is O=C(OCCc1ccccc1)C(O)CCO. The number of aliphatic hydroxyl groups excluding tert-OH is 2. The van der Waals surface area contributed by atoms with Crippen molar-refractivity contribution in [2.45, 2.75) is 18.9 Å². The molecule has 1 unspecified atom stereocenters. The average Bonchev–Trinajstić information content (AvgIpc) is 2.30. The summed E-state index contributed by atoms with van der Waals surface area (Å²) in [7, 11) is 0. The van der Waals surface area contributed by atoms with Crippen molar-refractivity contribution in [1.82, 2.24) is 0 Å². The smallest absolute Gasteiger partial charge is 0.335 e. The number of esters is 1. The van der Waals surface area contributed by atoms with Gasteiger partial charge in [0.25, 0.3) is 0 Å². The molecule has 1 aromatic carbocycles. The van der Waals surface area contributed by atoms with E-state index in [9.17, 15) is 9.90 Å². The Balaban J connectivity index is 2.23. The first-order valence-electron chi connectivity index (χ1n) is 5.23. The zero-order valence-electron chi connectivity index (χ0n) is 9.00. The van der Waals surface area contributed by atoms with Gasteiger partial charge >= 0.3 is 5.97 Å². The molecule has 16 heavy (non-hydrogen) atoms. The van der Waals surface area contributed by atoms with Crippen LogP contribution in [0.5, 0.6) is 0 Å². The Hall–Kier alpha value is -1.39. The van der Waals surface area contributed by atoms with Gasteiger partial charge in [-0.05, 0) is 5.56 Å². The van der Waals surface area contributed by atoms with Crippen LogP contribution in [0.4, 0.5) is 0 Å². The number of rotatable bonds is 6. The standard InChI is InChI=1S/C12H16O4/c13-8-6-11(14)12(15)16-9-7-10-4-2-1-3-5-10/h1-5,11,13-14H,6-9H2. The van der Waals surface area contributed by atoms with E-state index < -0.39 is 12.1 Å². The third kappa shape index (κ3) is 4.42. The molecule has 1 aromatic rings. The molecule has 0 bridgehead atoms. The van der Waals surface area contributed by atoms with Gasteiger partial charge in [-0.15, -0.1) is 0 Å². The lowest BCUT2D eigenvalue weighted by atomic mass is 10.2. The summed E-state index contributed by atoms with van der Waals surface area (Å²) in [5, 5.41) is 17.7. The van der Waals surface area contributed by atoms with Gasteiger partial charge in [-0.25, -0.2) is 4.79 Å². The molecule has 2 N–H and O–H groups in total. The Morgan fingerprint density at radius 2 is 2.00 bits per heavy atom. The Morgan fingerprint density at radius 3 is 2.62 bits per heavy atom. The van der Waals surface area contributed by atoms with Gasteiger partial charge in [0.1, 0.15) is 0 Å². The predicted octanol–water partition coefficient (Wildman–Crippen LogP) is 0.516. The van der Waals surface area contributed by atoms with Crippen LogP contribution >= 0.6 is 0 Å². The van der Waals surface area contributed by atoms with E-state index in [1.807, 2.05) is 30.3 Å². The van der Waals surface area contributed by atoms with Crippen molar-refractivity contribution in [2.24, 2.45) is 0 Å². The zero-order valence-corrected chi connectivity index (χ0v) is 9.00. The molecule has 1 atom stereocenters. The molecule has 0 spiro atoms. The largest absolute Gasteiger partial charge is 0.463 e. The summed E-state index contributed by atoms with van der Waals surface area (Å²) in [6.45, 7) is 0.0142. The Labute approximate surface area is 94.5 Å². The second kappa shape index (κ2) is 6.98. The van der Waals surface area contributed by atoms with Crippen molar-refractivity contribution in [2.75, 3.05) is 13.2 Å². The number of hydrogen-bond acceptors (Lipinski definition) is 4. The number of aliphatic hydroxyl groups is 2. The molecule has 0 saturated heterocycles. The zero-order chi connectivity index (χ0) is 11.8. The summed E-state index contributed by atoms with van der Waals surface area (Å²) < 4.78 is 4.86. The van der Waals surface area contributed by atoms with E-state index in [1.165, 1.54) is 0 Å². The van der Waals surface area contributed by atoms with Crippen LogP contribution in [0.2, 0.25) is 0 Å². The van der Waals surface area contributed by atoms with Crippen LogP contribution in [0.15, 0.2) is 30.3 Å². The first-order valence-corrected chi connectivity index (χ1v) is 5.23. The summed E-state index contributed by atoms with van der Waals surface area (Å²) in [4.78, 5) is 11.1. The van der Waals surface area contributed by atoms with Gasteiger partial charge in [0.15, 0.2) is 6.10 Å². The minimum Gasteiger partial charge on any atom is -0.463 e. The van der Waals surface area contributed by atoms with Crippen LogP contribution < -0.4 is 0 Å². The second-order valence-corrected chi connectivity index (χ2v) is 3.43. The van der Waals surface area contributed by atoms with Crippen LogP contribution in [-0.4, -0.2) is 35.5 Å². The Kier molecular flexibility index (Phi) is 5.53. The Bertz CT molecular complexity index is 310. The van der Waals surface area contributed by atoms with E-state index in [0.29, 0.717) is 6.42 Å². The fourth-order valence-corrected chi connectivity index (χ4v) is 1.25. The molecule has 0 heterocycles. The topological polar surface area (TPSA) is 66.8 Å². The lowest BCUT2D eigenvalue weighted by molar-refractivity contribution is -0.154. The monoisotopic (exact) mass is 224 g/mol. The van der Waals surface area contributed by atoms with Crippen molar-refractivity contribution in [3.8, 4) is 0 Å². The highest BCUT2D eigenvalue weighted by Crippen LogP contribution is 2.01. The van der Waals surface area contributed by atoms with E-state index in [4.69, 9.17) is 9.84 Å². The van der Waals surface area contributed by atoms with E-state index >= 15 is 0 Å². The number of carbonyl (C=O) groups excluding carboxylic acids is 1. The van der Waals surface area contributed by atoms with Crippen LogP contribution in [0.25, 0.3) is 0 Å². The van der Waals surface area contributed by atoms with Crippen LogP contribution in [0, 0.1) is 0 Å². The Morgan fingerprint density at radius 1 is 1.31 bits per heavy atom. The van der Waals surface area contributed by atoms with E-state index in [-0.39, 0.29) is 19.6 Å². The van der Waals surface area contributed by atoms with E-state index in [2.05, 4.69) is 0 Å². The lowest BCUT2D eigenvalue weighted by Crippen LogP contribution is -2.24. The van der Waals surface area contributed by atoms with E-state index in [0.717, 1.165) is 5.56 Å². The quantitative estimate of drug-likeness (QED) is 0.691. The predicted molar refractivity (Wildman–Crippen MR) is 58.8 cm³/mol. The molecule has 0 aromatic heterocycles. The van der Waals surface area contributed by atoms with Crippen LogP contribution in [0.1, 0.15) is 12.0 Å². The van der Waals surface area contributed by atoms with Gasteiger partial charge in [-0.2, -0.15) is 0 Å². The van der Waals surface area contributed by atoms with Crippen molar-refractivity contribution in [3.63, 3.8) is 0 Å². The van der Waals surface area contributed by atoms with Gasteiger partial charge in [0, 0.05) is 19.4 Å². The minimum atomic E-state index is -1.22. The summed E-state index contributed by atoms with van der Waals surface area (Å²) in [5.74, 6) is -0.676. The van der Waals surface area contributed by atoms with Crippen LogP contribution in [0.3, 0.4) is 0 Å². The molecule has 88 valence electrons. The molecule has 0 aliphatic heterocycles. The molecule has 0 amide bonds. The van der Waals surface area contributed by atoms with Gasteiger partial charge in [0.05, 0.1) is 6.61 Å². The second-order valence-electron chi connectivity index (χ2n) is 3.43. The highest BCUT2D eigenvalue weighted by atomic mass is 16.5. The fraction of sp³-hybridized carbons (Fsp3) is 0.417. The molecule has 4 heteroatoms.